The van der Waals surface area contributed by atoms with Gasteiger partial charge in [-0.2, -0.15) is 0 Å². The molecule has 1 aliphatic heterocycles. The molecule has 1 N–H and O–H groups in total. The predicted octanol–water partition coefficient (Wildman–Crippen LogP) is 2.80. The molecule has 0 unspecified atom stereocenters. The average Bonchev–Trinajstić information content (AvgIpc) is 2.60. The summed E-state index contributed by atoms with van der Waals surface area (Å²) in [7, 11) is 0. The van der Waals surface area contributed by atoms with Crippen molar-refractivity contribution in [1.29, 1.82) is 0 Å². The highest BCUT2D eigenvalue weighted by Gasteiger charge is 2.35. The van der Waals surface area contributed by atoms with Gasteiger partial charge in [0.05, 0.1) is 6.61 Å². The number of rotatable bonds is 3. The second kappa shape index (κ2) is 4.46. The lowest BCUT2D eigenvalue weighted by Crippen LogP contribution is -2.20. The van der Waals surface area contributed by atoms with Gasteiger partial charge in [-0.3, -0.25) is 0 Å². The third-order valence-corrected chi connectivity index (χ3v) is 3.47. The summed E-state index contributed by atoms with van der Waals surface area (Å²) in [6, 6.07) is 8.55. The third-order valence-electron chi connectivity index (χ3n) is 3.47. The van der Waals surface area contributed by atoms with Crippen molar-refractivity contribution in [2.24, 2.45) is 5.41 Å². The Kier molecular flexibility index (Phi) is 3.20. The molecule has 88 valence electrons. The second-order valence-corrected chi connectivity index (χ2v) is 5.17. The van der Waals surface area contributed by atoms with Crippen LogP contribution in [0.5, 0.6) is 5.75 Å². The van der Waals surface area contributed by atoms with Crippen molar-refractivity contribution < 1.29 is 4.74 Å². The van der Waals surface area contributed by atoms with E-state index < -0.39 is 0 Å². The molecule has 1 atom stereocenters. The molecule has 0 aromatic heterocycles. The van der Waals surface area contributed by atoms with E-state index in [-0.39, 0.29) is 0 Å². The van der Waals surface area contributed by atoms with Gasteiger partial charge in [0.2, 0.25) is 0 Å². The van der Waals surface area contributed by atoms with E-state index in [4.69, 9.17) is 4.74 Å². The Hall–Kier alpha value is -1.02. The predicted molar refractivity (Wildman–Crippen MR) is 67.0 cm³/mol. The average molecular weight is 219 g/mol. The zero-order valence-electron chi connectivity index (χ0n) is 10.4. The SMILES string of the molecule is CCOc1ccc([C@@H]2CNCC2(C)C)cc1. The van der Waals surface area contributed by atoms with Crippen LogP contribution in [0.25, 0.3) is 0 Å². The molecular weight excluding hydrogens is 198 g/mol. The summed E-state index contributed by atoms with van der Waals surface area (Å²) >= 11 is 0. The number of hydrogen-bond donors (Lipinski definition) is 1. The van der Waals surface area contributed by atoms with E-state index >= 15 is 0 Å². The fourth-order valence-electron chi connectivity index (χ4n) is 2.47. The van der Waals surface area contributed by atoms with E-state index in [0.717, 1.165) is 25.4 Å². The van der Waals surface area contributed by atoms with E-state index in [1.807, 2.05) is 6.92 Å². The Morgan fingerprint density at radius 3 is 2.50 bits per heavy atom. The molecule has 1 fully saturated rings. The fourth-order valence-corrected chi connectivity index (χ4v) is 2.47. The lowest BCUT2D eigenvalue weighted by molar-refractivity contribution is 0.339. The summed E-state index contributed by atoms with van der Waals surface area (Å²) in [6.07, 6.45) is 0. The molecule has 0 amide bonds. The van der Waals surface area contributed by atoms with Crippen molar-refractivity contribution in [2.75, 3.05) is 19.7 Å². The van der Waals surface area contributed by atoms with Crippen molar-refractivity contribution >= 4 is 0 Å². The van der Waals surface area contributed by atoms with Gasteiger partial charge in [-0.05, 0) is 30.0 Å². The van der Waals surface area contributed by atoms with Crippen LogP contribution in [0.4, 0.5) is 0 Å². The van der Waals surface area contributed by atoms with Crippen LogP contribution in [0.1, 0.15) is 32.3 Å². The monoisotopic (exact) mass is 219 g/mol. The highest BCUT2D eigenvalue weighted by molar-refractivity contribution is 5.31. The molecule has 2 heteroatoms. The zero-order valence-corrected chi connectivity index (χ0v) is 10.4. The summed E-state index contributed by atoms with van der Waals surface area (Å²) in [5.74, 6) is 1.58. The Morgan fingerprint density at radius 2 is 2.00 bits per heavy atom. The first-order chi connectivity index (χ1) is 7.63. The summed E-state index contributed by atoms with van der Waals surface area (Å²) in [4.78, 5) is 0. The van der Waals surface area contributed by atoms with Gasteiger partial charge < -0.3 is 10.1 Å². The lowest BCUT2D eigenvalue weighted by atomic mass is 9.78. The van der Waals surface area contributed by atoms with Crippen LogP contribution in [0.15, 0.2) is 24.3 Å². The molecule has 1 heterocycles. The first-order valence-electron chi connectivity index (χ1n) is 6.07. The van der Waals surface area contributed by atoms with Crippen LogP contribution in [0, 0.1) is 5.41 Å². The topological polar surface area (TPSA) is 21.3 Å². The minimum absolute atomic E-state index is 0.354. The molecule has 1 aromatic carbocycles. The molecule has 2 nitrogen and oxygen atoms in total. The molecule has 0 saturated carbocycles. The van der Waals surface area contributed by atoms with E-state index in [9.17, 15) is 0 Å². The second-order valence-electron chi connectivity index (χ2n) is 5.17. The van der Waals surface area contributed by atoms with Crippen molar-refractivity contribution in [3.05, 3.63) is 29.8 Å². The lowest BCUT2D eigenvalue weighted by Gasteiger charge is -2.26. The van der Waals surface area contributed by atoms with Gasteiger partial charge in [-0.15, -0.1) is 0 Å². The summed E-state index contributed by atoms with van der Waals surface area (Å²) in [5, 5.41) is 3.47. The maximum absolute atomic E-state index is 5.46. The van der Waals surface area contributed by atoms with E-state index in [2.05, 4.69) is 43.4 Å². The largest absolute Gasteiger partial charge is 0.494 e. The number of ether oxygens (including phenoxy) is 1. The highest BCUT2D eigenvalue weighted by atomic mass is 16.5. The van der Waals surface area contributed by atoms with Crippen LogP contribution in [0.2, 0.25) is 0 Å². The number of nitrogens with one attached hydrogen (secondary N) is 1. The van der Waals surface area contributed by atoms with Crippen LogP contribution in [-0.2, 0) is 0 Å². The van der Waals surface area contributed by atoms with E-state index in [1.54, 1.807) is 0 Å². The minimum Gasteiger partial charge on any atom is -0.494 e. The van der Waals surface area contributed by atoms with Crippen molar-refractivity contribution in [3.8, 4) is 5.75 Å². The fraction of sp³-hybridized carbons (Fsp3) is 0.571. The normalized spacial score (nSPS) is 23.3. The number of benzene rings is 1. The van der Waals surface area contributed by atoms with Gasteiger partial charge in [-0.1, -0.05) is 26.0 Å². The van der Waals surface area contributed by atoms with Gasteiger partial charge in [0.25, 0.3) is 0 Å². The quantitative estimate of drug-likeness (QED) is 0.844. The molecule has 0 radical (unpaired) electrons. The maximum atomic E-state index is 5.46. The van der Waals surface area contributed by atoms with Crippen LogP contribution < -0.4 is 10.1 Å². The first kappa shape index (κ1) is 11.5. The van der Waals surface area contributed by atoms with Gasteiger partial charge in [0, 0.05) is 19.0 Å². The van der Waals surface area contributed by atoms with Crippen molar-refractivity contribution in [3.63, 3.8) is 0 Å². The van der Waals surface area contributed by atoms with Crippen LogP contribution in [-0.4, -0.2) is 19.7 Å². The van der Waals surface area contributed by atoms with Gasteiger partial charge in [0.1, 0.15) is 5.75 Å². The van der Waals surface area contributed by atoms with Crippen molar-refractivity contribution in [1.82, 2.24) is 5.32 Å². The molecule has 2 rings (SSSR count). The molecule has 0 aliphatic carbocycles. The van der Waals surface area contributed by atoms with E-state index in [1.165, 1.54) is 5.56 Å². The van der Waals surface area contributed by atoms with Crippen LogP contribution >= 0.6 is 0 Å². The van der Waals surface area contributed by atoms with Gasteiger partial charge in [-0.25, -0.2) is 0 Å². The molecule has 1 aliphatic rings. The molecule has 16 heavy (non-hydrogen) atoms. The summed E-state index contributed by atoms with van der Waals surface area (Å²) < 4.78 is 5.46. The molecule has 0 bridgehead atoms. The Labute approximate surface area is 98.0 Å². The van der Waals surface area contributed by atoms with Gasteiger partial charge in [0.15, 0.2) is 0 Å². The molecule has 1 aromatic rings. The molecule has 0 spiro atoms. The highest BCUT2D eigenvalue weighted by Crippen LogP contribution is 2.38. The maximum Gasteiger partial charge on any atom is 0.119 e. The Bertz CT molecular complexity index is 342. The third kappa shape index (κ3) is 2.22. The first-order valence-corrected chi connectivity index (χ1v) is 6.07. The van der Waals surface area contributed by atoms with Crippen molar-refractivity contribution in [2.45, 2.75) is 26.7 Å². The Morgan fingerprint density at radius 1 is 1.31 bits per heavy atom. The van der Waals surface area contributed by atoms with E-state index in [0.29, 0.717) is 11.3 Å². The summed E-state index contributed by atoms with van der Waals surface area (Å²) in [6.45, 7) is 9.59. The standard InChI is InChI=1S/C14H21NO/c1-4-16-12-7-5-11(6-8-12)13-9-15-10-14(13,2)3/h5-8,13,15H,4,9-10H2,1-3H3/t13-/m0/s1. The number of hydrogen-bond acceptors (Lipinski definition) is 2. The molecular formula is C14H21NO. The zero-order chi connectivity index (χ0) is 11.6. The summed E-state index contributed by atoms with van der Waals surface area (Å²) in [5.41, 5.74) is 1.77. The smallest absolute Gasteiger partial charge is 0.119 e. The Balaban J connectivity index is 2.15. The van der Waals surface area contributed by atoms with Crippen LogP contribution in [0.3, 0.4) is 0 Å². The molecule has 1 saturated heterocycles. The van der Waals surface area contributed by atoms with Gasteiger partial charge >= 0.3 is 0 Å². The minimum atomic E-state index is 0.354.